The lowest BCUT2D eigenvalue weighted by Gasteiger charge is -2.31. The summed E-state index contributed by atoms with van der Waals surface area (Å²) in [4.78, 5) is 39.0. The average Bonchev–Trinajstić information content (AvgIpc) is 3.57. The summed E-state index contributed by atoms with van der Waals surface area (Å²) in [5.74, 6) is 1.65. The molecular formula is C22H31N7O4. The highest BCUT2D eigenvalue weighted by atomic mass is 16.6. The first-order valence-electron chi connectivity index (χ1n) is 11.9. The molecule has 2 aromatic rings. The summed E-state index contributed by atoms with van der Waals surface area (Å²) in [6.07, 6.45) is 8.12. The van der Waals surface area contributed by atoms with Crippen molar-refractivity contribution in [2.75, 3.05) is 32.0 Å². The molecule has 11 nitrogen and oxygen atoms in total. The van der Waals surface area contributed by atoms with Gasteiger partial charge in [-0.2, -0.15) is 0 Å². The molecule has 2 aromatic heterocycles. The van der Waals surface area contributed by atoms with Crippen molar-refractivity contribution in [3.8, 4) is 0 Å². The zero-order valence-electron chi connectivity index (χ0n) is 18.7. The predicted molar refractivity (Wildman–Crippen MR) is 119 cm³/mol. The number of hydrogen-bond donors (Lipinski definition) is 2. The molecule has 0 bridgehead atoms. The maximum absolute atomic E-state index is 12.3. The topological polar surface area (TPSA) is 137 Å². The van der Waals surface area contributed by atoms with Crippen molar-refractivity contribution in [1.82, 2.24) is 29.7 Å². The third-order valence-corrected chi connectivity index (χ3v) is 6.85. The van der Waals surface area contributed by atoms with Gasteiger partial charge in [-0.05, 0) is 44.4 Å². The maximum atomic E-state index is 12.3. The van der Waals surface area contributed by atoms with E-state index < -0.39 is 0 Å². The number of ether oxygens (including phenoxy) is 2. The van der Waals surface area contributed by atoms with E-state index in [-0.39, 0.29) is 30.9 Å². The normalized spacial score (nSPS) is 23.9. The fraction of sp³-hybridized carbons (Fsp3) is 0.682. The standard InChI is InChI=1S/C22H31N7O4/c23-20-19-21(29(13-24-19)18-2-1-11-32-18)27-16(26-20)5-3-14-7-9-28(10-8-14)22(31)33-12-15-4-6-17(30)25-15/h13-15,18H,1-12H2,(H,25,30)(H2,23,26,27)/t15?,18-/m1/s1. The number of hydrogen-bond acceptors (Lipinski definition) is 8. The molecule has 11 heteroatoms. The van der Waals surface area contributed by atoms with Crippen molar-refractivity contribution in [2.45, 2.75) is 63.6 Å². The number of carbonyl (C=O) groups excluding carboxylic acids is 2. The summed E-state index contributed by atoms with van der Waals surface area (Å²) in [5.41, 5.74) is 7.52. The number of rotatable bonds is 6. The van der Waals surface area contributed by atoms with Gasteiger partial charge in [-0.15, -0.1) is 0 Å². The van der Waals surface area contributed by atoms with E-state index in [2.05, 4.69) is 15.3 Å². The van der Waals surface area contributed by atoms with Crippen LogP contribution in [0.3, 0.4) is 0 Å². The maximum Gasteiger partial charge on any atom is 0.409 e. The first kappa shape index (κ1) is 21.9. The Morgan fingerprint density at radius 2 is 2.09 bits per heavy atom. The van der Waals surface area contributed by atoms with Crippen molar-refractivity contribution in [3.63, 3.8) is 0 Å². The minimum atomic E-state index is -0.293. The Morgan fingerprint density at radius 1 is 1.24 bits per heavy atom. The van der Waals surface area contributed by atoms with Gasteiger partial charge in [-0.1, -0.05) is 0 Å². The lowest BCUT2D eigenvalue weighted by molar-refractivity contribution is -0.119. The highest BCUT2D eigenvalue weighted by Crippen LogP contribution is 2.28. The predicted octanol–water partition coefficient (Wildman–Crippen LogP) is 1.78. The van der Waals surface area contributed by atoms with Gasteiger partial charge in [0.25, 0.3) is 0 Å². The molecule has 2 amide bonds. The van der Waals surface area contributed by atoms with Crippen LogP contribution in [0.15, 0.2) is 6.33 Å². The summed E-state index contributed by atoms with van der Waals surface area (Å²) in [6, 6.07) is -0.0553. The van der Waals surface area contributed by atoms with E-state index in [4.69, 9.17) is 20.2 Å². The monoisotopic (exact) mass is 457 g/mol. The van der Waals surface area contributed by atoms with Gasteiger partial charge in [0, 0.05) is 32.5 Å². The van der Waals surface area contributed by atoms with E-state index in [9.17, 15) is 9.59 Å². The molecule has 0 saturated carbocycles. The number of aryl methyl sites for hydroxylation is 1. The Balaban J connectivity index is 1.11. The number of nitrogens with two attached hydrogens (primary N) is 1. The third-order valence-electron chi connectivity index (χ3n) is 6.85. The Kier molecular flexibility index (Phi) is 6.30. The van der Waals surface area contributed by atoms with E-state index in [1.54, 1.807) is 11.2 Å². The number of imidazole rings is 1. The van der Waals surface area contributed by atoms with E-state index in [1.165, 1.54) is 0 Å². The first-order valence-corrected chi connectivity index (χ1v) is 11.9. The molecule has 178 valence electrons. The fourth-order valence-electron chi connectivity index (χ4n) is 4.89. The molecule has 0 aliphatic carbocycles. The highest BCUT2D eigenvalue weighted by Gasteiger charge is 2.27. The van der Waals surface area contributed by atoms with Crippen LogP contribution in [0.4, 0.5) is 10.6 Å². The van der Waals surface area contributed by atoms with Gasteiger partial charge in [0.15, 0.2) is 11.5 Å². The molecule has 3 N–H and O–H groups in total. The fourth-order valence-corrected chi connectivity index (χ4v) is 4.89. The number of likely N-dealkylation sites (tertiary alicyclic amines) is 1. The minimum absolute atomic E-state index is 0.0260. The Hall–Kier alpha value is -2.95. The molecule has 33 heavy (non-hydrogen) atoms. The number of amides is 2. The molecular weight excluding hydrogens is 426 g/mol. The van der Waals surface area contributed by atoms with Gasteiger partial charge >= 0.3 is 6.09 Å². The van der Waals surface area contributed by atoms with Crippen LogP contribution in [0.1, 0.15) is 57.0 Å². The van der Waals surface area contributed by atoms with Crippen LogP contribution in [0.5, 0.6) is 0 Å². The molecule has 2 atom stereocenters. The van der Waals surface area contributed by atoms with Crippen molar-refractivity contribution in [1.29, 1.82) is 0 Å². The van der Waals surface area contributed by atoms with E-state index in [1.807, 2.05) is 4.57 Å². The van der Waals surface area contributed by atoms with Crippen molar-refractivity contribution in [2.24, 2.45) is 5.92 Å². The van der Waals surface area contributed by atoms with E-state index in [0.717, 1.165) is 63.0 Å². The molecule has 5 heterocycles. The Labute approximate surface area is 192 Å². The second-order valence-electron chi connectivity index (χ2n) is 9.17. The zero-order chi connectivity index (χ0) is 22.8. The molecule has 3 saturated heterocycles. The van der Waals surface area contributed by atoms with Crippen LogP contribution in [0.25, 0.3) is 11.2 Å². The smallest absolute Gasteiger partial charge is 0.409 e. The number of piperidine rings is 1. The first-order chi connectivity index (χ1) is 16.1. The van der Waals surface area contributed by atoms with Gasteiger partial charge in [0.1, 0.15) is 24.2 Å². The summed E-state index contributed by atoms with van der Waals surface area (Å²) < 4.78 is 13.1. The van der Waals surface area contributed by atoms with Crippen LogP contribution in [-0.4, -0.2) is 68.8 Å². The van der Waals surface area contributed by atoms with E-state index in [0.29, 0.717) is 36.8 Å². The molecule has 3 aliphatic heterocycles. The quantitative estimate of drug-likeness (QED) is 0.669. The summed E-state index contributed by atoms with van der Waals surface area (Å²) in [5, 5.41) is 2.82. The SMILES string of the molecule is Nc1nc(CCC2CCN(C(=O)OCC3CCC(=O)N3)CC2)nc2c1ncn2[C@H]1CCCO1. The lowest BCUT2D eigenvalue weighted by Crippen LogP contribution is -2.40. The number of anilines is 1. The lowest BCUT2D eigenvalue weighted by atomic mass is 9.92. The van der Waals surface area contributed by atoms with E-state index >= 15 is 0 Å². The molecule has 0 radical (unpaired) electrons. The number of fused-ring (bicyclic) bond motifs is 1. The number of nitrogens with zero attached hydrogens (tertiary/aromatic N) is 5. The highest BCUT2D eigenvalue weighted by molar-refractivity contribution is 5.81. The minimum Gasteiger partial charge on any atom is -0.447 e. The molecule has 3 aliphatic rings. The molecule has 0 aromatic carbocycles. The molecule has 1 unspecified atom stereocenters. The second kappa shape index (κ2) is 9.50. The average molecular weight is 458 g/mol. The van der Waals surface area contributed by atoms with Crippen LogP contribution in [0, 0.1) is 5.92 Å². The molecule has 3 fully saturated rings. The van der Waals surface area contributed by atoms with Gasteiger partial charge in [-0.25, -0.2) is 19.7 Å². The third kappa shape index (κ3) is 4.87. The van der Waals surface area contributed by atoms with Gasteiger partial charge < -0.3 is 25.4 Å². The van der Waals surface area contributed by atoms with Gasteiger partial charge in [0.2, 0.25) is 5.91 Å². The van der Waals surface area contributed by atoms with Crippen LogP contribution >= 0.6 is 0 Å². The second-order valence-corrected chi connectivity index (χ2v) is 9.17. The van der Waals surface area contributed by atoms with Crippen molar-refractivity contribution >= 4 is 29.0 Å². The summed E-state index contributed by atoms with van der Waals surface area (Å²) in [6.45, 7) is 2.35. The Morgan fingerprint density at radius 3 is 2.82 bits per heavy atom. The van der Waals surface area contributed by atoms with Crippen LogP contribution < -0.4 is 11.1 Å². The summed E-state index contributed by atoms with van der Waals surface area (Å²) in [7, 11) is 0. The zero-order valence-corrected chi connectivity index (χ0v) is 18.7. The van der Waals surface area contributed by atoms with Gasteiger partial charge in [0.05, 0.1) is 12.4 Å². The molecule has 0 spiro atoms. The number of aromatic nitrogens is 4. The molecule has 5 rings (SSSR count). The number of nitrogens with one attached hydrogen (secondary N) is 1. The van der Waals surface area contributed by atoms with Crippen molar-refractivity contribution < 1.29 is 19.1 Å². The van der Waals surface area contributed by atoms with Crippen molar-refractivity contribution in [3.05, 3.63) is 12.2 Å². The largest absolute Gasteiger partial charge is 0.447 e. The van der Waals surface area contributed by atoms with Crippen LogP contribution in [-0.2, 0) is 20.7 Å². The number of carbonyl (C=O) groups is 2. The van der Waals surface area contributed by atoms with Gasteiger partial charge in [-0.3, -0.25) is 9.36 Å². The van der Waals surface area contributed by atoms with Crippen LogP contribution in [0.2, 0.25) is 0 Å². The number of nitrogen functional groups attached to an aromatic ring is 1. The Bertz CT molecular complexity index is 1010. The summed E-state index contributed by atoms with van der Waals surface area (Å²) >= 11 is 0.